The first-order valence-corrected chi connectivity index (χ1v) is 7.90. The summed E-state index contributed by atoms with van der Waals surface area (Å²) in [6.45, 7) is 2.14. The van der Waals surface area contributed by atoms with Gasteiger partial charge in [0, 0.05) is 11.7 Å². The number of carbonyl (C=O) groups is 1. The highest BCUT2D eigenvalue weighted by atomic mass is 16.5. The number of methoxy groups -OCH3 is 1. The van der Waals surface area contributed by atoms with Gasteiger partial charge in [-0.2, -0.15) is 0 Å². The summed E-state index contributed by atoms with van der Waals surface area (Å²) in [5.41, 5.74) is 6.89. The van der Waals surface area contributed by atoms with E-state index in [2.05, 4.69) is 12.2 Å². The van der Waals surface area contributed by atoms with Crippen molar-refractivity contribution in [2.24, 2.45) is 5.92 Å². The number of anilines is 1. The zero-order valence-electron chi connectivity index (χ0n) is 13.0. The molecule has 1 aromatic rings. The first-order chi connectivity index (χ1) is 10.2. The van der Waals surface area contributed by atoms with E-state index >= 15 is 0 Å². The summed E-state index contributed by atoms with van der Waals surface area (Å²) in [6.07, 6.45) is 7.27. The fourth-order valence-corrected chi connectivity index (χ4v) is 3.24. The molecule has 0 bridgehead atoms. The second kappa shape index (κ2) is 7.34. The first-order valence-electron chi connectivity index (χ1n) is 7.90. The van der Waals surface area contributed by atoms with E-state index in [1.165, 1.54) is 32.1 Å². The number of nitrogens with one attached hydrogen (secondary N) is 1. The van der Waals surface area contributed by atoms with Crippen LogP contribution in [-0.4, -0.2) is 19.1 Å². The molecular formula is C17H26N2O2. The first kappa shape index (κ1) is 15.7. The predicted octanol–water partition coefficient (Wildman–Crippen LogP) is 3.37. The molecule has 1 unspecified atom stereocenters. The van der Waals surface area contributed by atoms with Gasteiger partial charge in [-0.15, -0.1) is 0 Å². The normalized spacial score (nSPS) is 17.2. The Morgan fingerprint density at radius 1 is 1.38 bits per heavy atom. The average Bonchev–Trinajstić information content (AvgIpc) is 2.53. The van der Waals surface area contributed by atoms with E-state index in [1.54, 1.807) is 25.3 Å². The van der Waals surface area contributed by atoms with Crippen LogP contribution >= 0.6 is 0 Å². The van der Waals surface area contributed by atoms with Gasteiger partial charge in [-0.1, -0.05) is 26.2 Å². The molecule has 0 radical (unpaired) electrons. The van der Waals surface area contributed by atoms with E-state index in [9.17, 15) is 4.79 Å². The van der Waals surface area contributed by atoms with E-state index in [1.807, 2.05) is 0 Å². The molecule has 0 spiro atoms. The molecule has 116 valence electrons. The van der Waals surface area contributed by atoms with E-state index in [-0.39, 0.29) is 11.9 Å². The van der Waals surface area contributed by atoms with Gasteiger partial charge in [-0.05, 0) is 43.4 Å². The van der Waals surface area contributed by atoms with Crippen molar-refractivity contribution in [1.29, 1.82) is 0 Å². The molecule has 0 saturated heterocycles. The maximum atomic E-state index is 12.5. The third-order valence-electron chi connectivity index (χ3n) is 4.44. The molecule has 1 amide bonds. The molecule has 1 aliphatic carbocycles. The van der Waals surface area contributed by atoms with E-state index in [0.717, 1.165) is 6.42 Å². The second-order valence-corrected chi connectivity index (χ2v) is 5.85. The number of ether oxygens (including phenoxy) is 1. The number of benzene rings is 1. The number of nitrogen functional groups attached to an aromatic ring is 1. The van der Waals surface area contributed by atoms with Crippen molar-refractivity contribution in [1.82, 2.24) is 5.32 Å². The zero-order chi connectivity index (χ0) is 15.2. The molecule has 0 heterocycles. The maximum absolute atomic E-state index is 12.5. The molecule has 4 nitrogen and oxygen atoms in total. The minimum Gasteiger partial charge on any atom is -0.496 e. The van der Waals surface area contributed by atoms with Crippen molar-refractivity contribution < 1.29 is 9.53 Å². The van der Waals surface area contributed by atoms with Gasteiger partial charge in [0.1, 0.15) is 5.75 Å². The summed E-state index contributed by atoms with van der Waals surface area (Å²) in [4.78, 5) is 12.5. The third-order valence-corrected chi connectivity index (χ3v) is 4.44. The molecule has 1 aliphatic rings. The molecule has 4 heteroatoms. The lowest BCUT2D eigenvalue weighted by atomic mass is 9.83. The Hall–Kier alpha value is -1.71. The highest BCUT2D eigenvalue weighted by Crippen LogP contribution is 2.28. The molecule has 1 fully saturated rings. The largest absolute Gasteiger partial charge is 0.496 e. The number of carbonyl (C=O) groups excluding carboxylic acids is 1. The van der Waals surface area contributed by atoms with E-state index in [4.69, 9.17) is 10.5 Å². The summed E-state index contributed by atoms with van der Waals surface area (Å²) in [5.74, 6) is 1.08. The Morgan fingerprint density at radius 3 is 2.71 bits per heavy atom. The molecule has 1 aromatic carbocycles. The number of rotatable bonds is 5. The molecule has 1 atom stereocenters. The van der Waals surface area contributed by atoms with Crippen LogP contribution in [0.25, 0.3) is 0 Å². The predicted molar refractivity (Wildman–Crippen MR) is 85.5 cm³/mol. The zero-order valence-corrected chi connectivity index (χ0v) is 13.0. The summed E-state index contributed by atoms with van der Waals surface area (Å²) in [5, 5.41) is 3.18. The topological polar surface area (TPSA) is 64.4 Å². The lowest BCUT2D eigenvalue weighted by molar-refractivity contribution is 0.0908. The quantitative estimate of drug-likeness (QED) is 0.817. The van der Waals surface area contributed by atoms with E-state index in [0.29, 0.717) is 22.9 Å². The Balaban J connectivity index is 2.10. The summed E-state index contributed by atoms with van der Waals surface area (Å²) < 4.78 is 5.27. The van der Waals surface area contributed by atoms with Crippen molar-refractivity contribution in [3.8, 4) is 5.75 Å². The fourth-order valence-electron chi connectivity index (χ4n) is 3.24. The van der Waals surface area contributed by atoms with Crippen LogP contribution in [-0.2, 0) is 0 Å². The van der Waals surface area contributed by atoms with Crippen LogP contribution in [0, 0.1) is 5.92 Å². The highest BCUT2D eigenvalue weighted by molar-refractivity contribution is 5.98. The number of hydrogen-bond donors (Lipinski definition) is 2. The molecule has 21 heavy (non-hydrogen) atoms. The molecule has 0 aliphatic heterocycles. The Labute approximate surface area is 127 Å². The lowest BCUT2D eigenvalue weighted by Gasteiger charge is -2.30. The number of hydrogen-bond acceptors (Lipinski definition) is 3. The van der Waals surface area contributed by atoms with Crippen molar-refractivity contribution in [2.45, 2.75) is 51.5 Å². The molecular weight excluding hydrogens is 264 g/mol. The summed E-state index contributed by atoms with van der Waals surface area (Å²) in [7, 11) is 1.57. The van der Waals surface area contributed by atoms with Crippen molar-refractivity contribution in [2.75, 3.05) is 12.8 Å². The summed E-state index contributed by atoms with van der Waals surface area (Å²) in [6, 6.07) is 5.41. The average molecular weight is 290 g/mol. The van der Waals surface area contributed by atoms with Gasteiger partial charge < -0.3 is 15.8 Å². The third kappa shape index (κ3) is 3.90. The van der Waals surface area contributed by atoms with Crippen LogP contribution in [0.2, 0.25) is 0 Å². The number of amides is 1. The molecule has 2 rings (SSSR count). The van der Waals surface area contributed by atoms with Gasteiger partial charge >= 0.3 is 0 Å². The van der Waals surface area contributed by atoms with Crippen molar-refractivity contribution >= 4 is 11.6 Å². The van der Waals surface area contributed by atoms with Crippen LogP contribution in [0.5, 0.6) is 5.75 Å². The van der Waals surface area contributed by atoms with Crippen molar-refractivity contribution in [3.05, 3.63) is 23.8 Å². The van der Waals surface area contributed by atoms with Gasteiger partial charge in [-0.3, -0.25) is 4.79 Å². The van der Waals surface area contributed by atoms with E-state index < -0.39 is 0 Å². The Morgan fingerprint density at radius 2 is 2.10 bits per heavy atom. The van der Waals surface area contributed by atoms with Crippen molar-refractivity contribution in [3.63, 3.8) is 0 Å². The SMILES string of the molecule is CCC(NC(=O)c1cc(N)ccc1OC)C1CCCCC1. The van der Waals surface area contributed by atoms with Gasteiger partial charge in [0.2, 0.25) is 0 Å². The number of nitrogens with two attached hydrogens (primary N) is 1. The van der Waals surface area contributed by atoms with Crippen LogP contribution in [0.3, 0.4) is 0 Å². The van der Waals surface area contributed by atoms with Gasteiger partial charge in [0.05, 0.1) is 12.7 Å². The van der Waals surface area contributed by atoms with Crippen LogP contribution in [0.4, 0.5) is 5.69 Å². The minimum atomic E-state index is -0.0865. The Kier molecular flexibility index (Phi) is 5.48. The Bertz CT molecular complexity index is 482. The van der Waals surface area contributed by atoms with Gasteiger partial charge in [0.15, 0.2) is 0 Å². The fraction of sp³-hybridized carbons (Fsp3) is 0.588. The summed E-state index contributed by atoms with van der Waals surface area (Å²) >= 11 is 0. The van der Waals surface area contributed by atoms with Gasteiger partial charge in [0.25, 0.3) is 5.91 Å². The molecule has 0 aromatic heterocycles. The maximum Gasteiger partial charge on any atom is 0.255 e. The minimum absolute atomic E-state index is 0.0865. The molecule has 1 saturated carbocycles. The standard InChI is InChI=1S/C17H26N2O2/c1-3-15(12-7-5-4-6-8-12)19-17(20)14-11-13(18)9-10-16(14)21-2/h9-12,15H,3-8,18H2,1-2H3,(H,19,20). The smallest absolute Gasteiger partial charge is 0.255 e. The second-order valence-electron chi connectivity index (χ2n) is 5.85. The monoisotopic (exact) mass is 290 g/mol. The van der Waals surface area contributed by atoms with Crippen LogP contribution in [0.1, 0.15) is 55.8 Å². The van der Waals surface area contributed by atoms with Gasteiger partial charge in [-0.25, -0.2) is 0 Å². The van der Waals surface area contributed by atoms with Crippen LogP contribution in [0.15, 0.2) is 18.2 Å². The highest BCUT2D eigenvalue weighted by Gasteiger charge is 2.25. The molecule has 3 N–H and O–H groups in total. The lowest BCUT2D eigenvalue weighted by Crippen LogP contribution is -2.40. The van der Waals surface area contributed by atoms with Crippen LogP contribution < -0.4 is 15.8 Å².